The van der Waals surface area contributed by atoms with Crippen LogP contribution in [0.4, 0.5) is 0 Å². The molecule has 186 valence electrons. The van der Waals surface area contributed by atoms with Crippen LogP contribution in [0, 0.1) is 0 Å². The summed E-state index contributed by atoms with van der Waals surface area (Å²) in [5.41, 5.74) is 4.00. The molecule has 0 aliphatic heterocycles. The molecule has 3 rings (SSSR count). The van der Waals surface area contributed by atoms with Crippen molar-refractivity contribution in [1.82, 2.24) is 4.90 Å². The van der Waals surface area contributed by atoms with Gasteiger partial charge >= 0.3 is 11.9 Å². The van der Waals surface area contributed by atoms with Crippen molar-refractivity contribution in [2.45, 2.75) is 37.5 Å². The number of methoxy groups -OCH3 is 3. The number of ether oxygens (including phenoxy) is 3. The number of aliphatic carboxylic acids is 2. The van der Waals surface area contributed by atoms with Gasteiger partial charge in [-0.15, -0.1) is 0 Å². The maximum atomic E-state index is 9.43. The van der Waals surface area contributed by atoms with E-state index >= 15 is 0 Å². The third kappa shape index (κ3) is 7.43. The van der Waals surface area contributed by atoms with Gasteiger partial charge in [-0.25, -0.2) is 0 Å². The van der Waals surface area contributed by atoms with E-state index in [-0.39, 0.29) is 12.2 Å². The Kier molecular flexibility index (Phi) is 10.8. The number of hydrogen-bond acceptors (Lipinski definition) is 6. The van der Waals surface area contributed by atoms with Gasteiger partial charge in [0.25, 0.3) is 0 Å². The second-order valence-electron chi connectivity index (χ2n) is 7.98. The molecule has 2 atom stereocenters. The maximum Gasteiger partial charge on any atom is 0.314 e. The Bertz CT molecular complexity index is 952. The van der Waals surface area contributed by atoms with Crippen LogP contribution in [0.25, 0.3) is 0 Å². The van der Waals surface area contributed by atoms with Gasteiger partial charge in [0.15, 0.2) is 6.29 Å². The van der Waals surface area contributed by atoms with Gasteiger partial charge < -0.3 is 24.4 Å². The van der Waals surface area contributed by atoms with Crippen molar-refractivity contribution >= 4 is 23.5 Å². The number of carbonyl (C=O) groups is 2. The SMILES string of the molecule is COc1cc([C@H]2c3ccccc3CC[C@@H]2N(C)CC(OC)OC)ccc1Cl.O=C(O)CC(=O)O. The lowest BCUT2D eigenvalue weighted by atomic mass is 9.75. The molecule has 0 unspecified atom stereocenters. The lowest BCUT2D eigenvalue weighted by Crippen LogP contribution is -2.44. The third-order valence-corrected chi connectivity index (χ3v) is 6.16. The van der Waals surface area contributed by atoms with E-state index in [0.29, 0.717) is 23.4 Å². The van der Waals surface area contributed by atoms with Crippen LogP contribution in [0.2, 0.25) is 5.02 Å². The molecule has 9 heteroatoms. The molecule has 0 heterocycles. The Morgan fingerprint density at radius 3 is 2.29 bits per heavy atom. The normalized spacial score (nSPS) is 17.0. The van der Waals surface area contributed by atoms with Crippen LogP contribution < -0.4 is 4.74 Å². The Morgan fingerprint density at radius 2 is 1.74 bits per heavy atom. The monoisotopic (exact) mass is 493 g/mol. The molecule has 0 bridgehead atoms. The van der Waals surface area contributed by atoms with Gasteiger partial charge in [0.05, 0.1) is 12.1 Å². The van der Waals surface area contributed by atoms with Crippen molar-refractivity contribution in [3.8, 4) is 5.75 Å². The number of benzene rings is 2. The standard InChI is InChI=1S/C22H28ClNO3.C3H4O4/c1-24(14-21(26-3)27-4)19-12-10-15-7-5-6-8-17(15)22(19)16-9-11-18(23)20(13-16)25-2;4-2(5)1-3(6)7/h5-9,11,13,19,21-22H,10,12,14H2,1-4H3;1H2,(H,4,5)(H,6,7)/t19-,22-;/m0./s1. The van der Waals surface area contributed by atoms with Crippen LogP contribution in [-0.4, -0.2) is 74.3 Å². The van der Waals surface area contributed by atoms with E-state index in [2.05, 4.69) is 48.3 Å². The average molecular weight is 494 g/mol. The fourth-order valence-corrected chi connectivity index (χ4v) is 4.43. The van der Waals surface area contributed by atoms with Crippen molar-refractivity contribution in [3.63, 3.8) is 0 Å². The Morgan fingerprint density at radius 1 is 1.09 bits per heavy atom. The Balaban J connectivity index is 0.000000509. The highest BCUT2D eigenvalue weighted by atomic mass is 35.5. The van der Waals surface area contributed by atoms with Gasteiger partial charge in [-0.1, -0.05) is 41.9 Å². The third-order valence-electron chi connectivity index (χ3n) is 5.85. The van der Waals surface area contributed by atoms with Gasteiger partial charge in [-0.05, 0) is 48.7 Å². The zero-order valence-electron chi connectivity index (χ0n) is 19.9. The molecule has 8 nitrogen and oxygen atoms in total. The van der Waals surface area contributed by atoms with Crippen molar-refractivity contribution in [1.29, 1.82) is 0 Å². The molecule has 0 saturated carbocycles. The highest BCUT2D eigenvalue weighted by Gasteiger charge is 2.34. The van der Waals surface area contributed by atoms with E-state index < -0.39 is 18.4 Å². The first-order chi connectivity index (χ1) is 16.2. The zero-order valence-corrected chi connectivity index (χ0v) is 20.6. The molecule has 0 radical (unpaired) electrons. The molecule has 2 aromatic carbocycles. The molecule has 1 aliphatic rings. The van der Waals surface area contributed by atoms with Crippen LogP contribution in [0.5, 0.6) is 5.75 Å². The molecule has 2 aromatic rings. The number of carboxylic acids is 2. The van der Waals surface area contributed by atoms with Gasteiger partial charge in [-0.2, -0.15) is 0 Å². The fraction of sp³-hybridized carbons (Fsp3) is 0.440. The van der Waals surface area contributed by atoms with Crippen LogP contribution in [-0.2, 0) is 25.5 Å². The Labute approximate surface area is 205 Å². The first-order valence-corrected chi connectivity index (χ1v) is 11.2. The summed E-state index contributed by atoms with van der Waals surface area (Å²) in [5.74, 6) is -1.68. The number of carboxylic acid groups (broad SMARTS) is 2. The van der Waals surface area contributed by atoms with Gasteiger partial charge in [0.1, 0.15) is 12.2 Å². The molecule has 0 fully saturated rings. The van der Waals surface area contributed by atoms with E-state index in [1.54, 1.807) is 21.3 Å². The first-order valence-electron chi connectivity index (χ1n) is 10.8. The summed E-state index contributed by atoms with van der Waals surface area (Å²) in [4.78, 5) is 21.2. The van der Waals surface area contributed by atoms with Gasteiger partial charge in [0, 0.05) is 32.7 Å². The van der Waals surface area contributed by atoms with E-state index in [0.717, 1.165) is 12.8 Å². The summed E-state index contributed by atoms with van der Waals surface area (Å²) in [6.45, 7) is 0.709. The number of hydrogen-bond donors (Lipinski definition) is 2. The van der Waals surface area contributed by atoms with Crippen molar-refractivity contribution in [3.05, 3.63) is 64.2 Å². The number of likely N-dealkylation sites (N-methyl/N-ethyl adjacent to an activating group) is 1. The summed E-state index contributed by atoms with van der Waals surface area (Å²) in [6, 6.07) is 15.2. The van der Waals surface area contributed by atoms with Gasteiger partial charge in [0.2, 0.25) is 0 Å². The highest BCUT2D eigenvalue weighted by molar-refractivity contribution is 6.32. The summed E-state index contributed by atoms with van der Waals surface area (Å²) < 4.78 is 16.3. The smallest absolute Gasteiger partial charge is 0.314 e. The molecule has 34 heavy (non-hydrogen) atoms. The predicted octanol–water partition coefficient (Wildman–Crippen LogP) is 3.89. The number of fused-ring (bicyclic) bond motifs is 1. The highest BCUT2D eigenvalue weighted by Crippen LogP contribution is 2.41. The molecule has 0 saturated heterocycles. The molecular formula is C25H32ClNO7. The van der Waals surface area contributed by atoms with E-state index in [9.17, 15) is 9.59 Å². The molecule has 0 aromatic heterocycles. The number of rotatable bonds is 9. The van der Waals surface area contributed by atoms with E-state index in [1.165, 1.54) is 16.7 Å². The van der Waals surface area contributed by atoms with E-state index in [4.69, 9.17) is 36.0 Å². The van der Waals surface area contributed by atoms with Crippen molar-refractivity contribution in [2.24, 2.45) is 0 Å². The second-order valence-corrected chi connectivity index (χ2v) is 8.39. The topological polar surface area (TPSA) is 106 Å². The van der Waals surface area contributed by atoms with Crippen LogP contribution in [0.3, 0.4) is 0 Å². The minimum absolute atomic E-state index is 0.237. The molecule has 0 spiro atoms. The summed E-state index contributed by atoms with van der Waals surface area (Å²) in [6.07, 6.45) is 1.09. The van der Waals surface area contributed by atoms with E-state index in [1.807, 2.05) is 6.07 Å². The molecule has 2 N–H and O–H groups in total. The van der Waals surface area contributed by atoms with Gasteiger partial charge in [-0.3, -0.25) is 14.5 Å². The number of halogens is 1. The summed E-state index contributed by atoms with van der Waals surface area (Å²) >= 11 is 6.27. The quantitative estimate of drug-likeness (QED) is 0.400. The lowest BCUT2D eigenvalue weighted by Gasteiger charge is -2.40. The largest absolute Gasteiger partial charge is 0.495 e. The number of aryl methyl sites for hydroxylation is 1. The van der Waals surface area contributed by atoms with Crippen LogP contribution in [0.15, 0.2) is 42.5 Å². The predicted molar refractivity (Wildman–Crippen MR) is 129 cm³/mol. The number of nitrogens with zero attached hydrogens (tertiary/aromatic N) is 1. The lowest BCUT2D eigenvalue weighted by molar-refractivity contribution is -0.147. The van der Waals surface area contributed by atoms with Crippen molar-refractivity contribution < 1.29 is 34.0 Å². The van der Waals surface area contributed by atoms with Crippen LogP contribution in [0.1, 0.15) is 35.4 Å². The van der Waals surface area contributed by atoms with Crippen LogP contribution >= 0.6 is 11.6 Å². The minimum Gasteiger partial charge on any atom is -0.495 e. The minimum atomic E-state index is -1.31. The first kappa shape index (κ1) is 27.6. The summed E-state index contributed by atoms with van der Waals surface area (Å²) in [5, 5.41) is 16.0. The maximum absolute atomic E-state index is 9.43. The fourth-order valence-electron chi connectivity index (χ4n) is 4.23. The second kappa shape index (κ2) is 13.3. The summed E-state index contributed by atoms with van der Waals surface area (Å²) in [7, 11) is 7.16. The molecule has 1 aliphatic carbocycles. The molecule has 0 amide bonds. The molecular weight excluding hydrogens is 462 g/mol. The zero-order chi connectivity index (χ0) is 25.3. The average Bonchev–Trinajstić information content (AvgIpc) is 2.81. The Hall–Kier alpha value is -2.65. The van der Waals surface area contributed by atoms with Crippen molar-refractivity contribution in [2.75, 3.05) is 34.9 Å².